The standard InChI is InChI=1S/C36H25NO/c1-24-16-18-25(19-17-24)28-20-21-32-33(37(26-10-4-2-5-11-26)27-12-6-3-7-13-27)23-22-30-29-14-8-9-15-31(29)36(38)35(28)34(30)32/h2-23H,1H3. The molecule has 2 nitrogen and oxygen atoms in total. The Balaban J connectivity index is 1.58. The van der Waals surface area contributed by atoms with E-state index < -0.39 is 0 Å². The van der Waals surface area contributed by atoms with E-state index in [1.165, 1.54) is 5.56 Å². The Labute approximate surface area is 222 Å². The Morgan fingerprint density at radius 3 is 1.74 bits per heavy atom. The van der Waals surface area contributed by atoms with Crippen LogP contribution >= 0.6 is 0 Å². The molecule has 0 fully saturated rings. The molecule has 1 aliphatic carbocycles. The van der Waals surface area contributed by atoms with Crippen molar-refractivity contribution in [3.63, 3.8) is 0 Å². The molecule has 0 amide bonds. The molecule has 38 heavy (non-hydrogen) atoms. The van der Waals surface area contributed by atoms with Gasteiger partial charge < -0.3 is 4.90 Å². The highest BCUT2D eigenvalue weighted by molar-refractivity contribution is 6.30. The molecule has 0 radical (unpaired) electrons. The van der Waals surface area contributed by atoms with Crippen LogP contribution in [0.1, 0.15) is 21.5 Å². The number of nitrogens with zero attached hydrogens (tertiary/aromatic N) is 1. The molecule has 0 saturated heterocycles. The van der Waals surface area contributed by atoms with Crippen LogP contribution in [0, 0.1) is 6.92 Å². The van der Waals surface area contributed by atoms with Crippen LogP contribution in [0.3, 0.4) is 0 Å². The van der Waals surface area contributed by atoms with Crippen LogP contribution in [0.15, 0.2) is 133 Å². The Bertz CT molecular complexity index is 1780. The summed E-state index contributed by atoms with van der Waals surface area (Å²) in [7, 11) is 0. The fraction of sp³-hybridized carbons (Fsp3) is 0.0278. The number of aryl methyl sites for hydroxylation is 1. The van der Waals surface area contributed by atoms with Gasteiger partial charge in [0.25, 0.3) is 0 Å². The molecule has 180 valence electrons. The molecule has 0 aromatic heterocycles. The van der Waals surface area contributed by atoms with Gasteiger partial charge in [-0.3, -0.25) is 4.79 Å². The third-order valence-electron chi connectivity index (χ3n) is 7.48. The topological polar surface area (TPSA) is 20.3 Å². The maximum atomic E-state index is 14.2. The molecule has 7 rings (SSSR count). The number of para-hydroxylation sites is 2. The van der Waals surface area contributed by atoms with Crippen molar-refractivity contribution in [1.82, 2.24) is 0 Å². The van der Waals surface area contributed by atoms with Gasteiger partial charge in [0, 0.05) is 33.3 Å². The normalized spacial score (nSPS) is 11.9. The van der Waals surface area contributed by atoms with E-state index in [4.69, 9.17) is 0 Å². The monoisotopic (exact) mass is 487 g/mol. The molecule has 6 aromatic rings. The average molecular weight is 488 g/mol. The molecule has 6 aromatic carbocycles. The maximum Gasteiger partial charge on any atom is 0.194 e. The quantitative estimate of drug-likeness (QED) is 0.246. The number of rotatable bonds is 4. The van der Waals surface area contributed by atoms with Gasteiger partial charge in [0.15, 0.2) is 5.78 Å². The number of hydrogen-bond donors (Lipinski definition) is 0. The first-order valence-electron chi connectivity index (χ1n) is 12.9. The van der Waals surface area contributed by atoms with Crippen LogP contribution < -0.4 is 4.90 Å². The van der Waals surface area contributed by atoms with E-state index in [1.807, 2.05) is 30.3 Å². The third-order valence-corrected chi connectivity index (χ3v) is 7.48. The minimum Gasteiger partial charge on any atom is -0.310 e. The highest BCUT2D eigenvalue weighted by Crippen LogP contribution is 2.48. The van der Waals surface area contributed by atoms with Crippen LogP contribution in [-0.2, 0) is 0 Å². The maximum absolute atomic E-state index is 14.2. The molecule has 0 aliphatic heterocycles. The largest absolute Gasteiger partial charge is 0.310 e. The van der Waals surface area contributed by atoms with Crippen molar-refractivity contribution in [3.05, 3.63) is 150 Å². The van der Waals surface area contributed by atoms with E-state index in [1.54, 1.807) is 0 Å². The zero-order valence-electron chi connectivity index (χ0n) is 21.1. The van der Waals surface area contributed by atoms with Crippen LogP contribution in [-0.4, -0.2) is 5.78 Å². The number of fused-ring (bicyclic) bond motifs is 2. The van der Waals surface area contributed by atoms with Gasteiger partial charge in [0.05, 0.1) is 5.69 Å². The van der Waals surface area contributed by atoms with Gasteiger partial charge in [-0.25, -0.2) is 0 Å². The second-order valence-corrected chi connectivity index (χ2v) is 9.79. The molecular weight excluding hydrogens is 462 g/mol. The summed E-state index contributed by atoms with van der Waals surface area (Å²) in [6.07, 6.45) is 0. The third kappa shape index (κ3) is 3.46. The van der Waals surface area contributed by atoms with Crippen molar-refractivity contribution in [2.24, 2.45) is 0 Å². The summed E-state index contributed by atoms with van der Waals surface area (Å²) in [5.74, 6) is 0.0809. The number of hydrogen-bond acceptors (Lipinski definition) is 2. The second kappa shape index (κ2) is 8.86. The molecule has 2 heteroatoms. The summed E-state index contributed by atoms with van der Waals surface area (Å²) in [5, 5.41) is 2.07. The van der Waals surface area contributed by atoms with Gasteiger partial charge >= 0.3 is 0 Å². The number of benzene rings is 6. The van der Waals surface area contributed by atoms with Gasteiger partial charge in [0.2, 0.25) is 0 Å². The lowest BCUT2D eigenvalue weighted by Crippen LogP contribution is -2.14. The van der Waals surface area contributed by atoms with E-state index in [0.29, 0.717) is 0 Å². The van der Waals surface area contributed by atoms with E-state index in [2.05, 4.69) is 115 Å². The molecule has 0 heterocycles. The van der Waals surface area contributed by atoms with Gasteiger partial charge in [-0.2, -0.15) is 0 Å². The zero-order chi connectivity index (χ0) is 25.6. The Morgan fingerprint density at radius 1 is 0.500 bits per heavy atom. The van der Waals surface area contributed by atoms with Crippen molar-refractivity contribution < 1.29 is 4.79 Å². The predicted molar refractivity (Wildman–Crippen MR) is 158 cm³/mol. The lowest BCUT2D eigenvalue weighted by molar-refractivity contribution is 0.104. The van der Waals surface area contributed by atoms with Crippen LogP contribution in [0.4, 0.5) is 17.1 Å². The first-order valence-corrected chi connectivity index (χ1v) is 12.9. The van der Waals surface area contributed by atoms with Crippen molar-refractivity contribution in [3.8, 4) is 22.3 Å². The van der Waals surface area contributed by atoms with Crippen molar-refractivity contribution in [2.45, 2.75) is 6.92 Å². The lowest BCUT2D eigenvalue weighted by atomic mass is 9.79. The van der Waals surface area contributed by atoms with Crippen molar-refractivity contribution in [2.75, 3.05) is 4.90 Å². The lowest BCUT2D eigenvalue weighted by Gasteiger charge is -2.29. The Morgan fingerprint density at radius 2 is 1.08 bits per heavy atom. The molecule has 0 spiro atoms. The smallest absolute Gasteiger partial charge is 0.194 e. The minimum atomic E-state index is 0.0809. The van der Waals surface area contributed by atoms with Gasteiger partial charge in [0.1, 0.15) is 0 Å². The first-order chi connectivity index (χ1) is 18.7. The molecular formula is C36H25NO. The predicted octanol–water partition coefficient (Wildman–Crippen LogP) is 9.50. The average Bonchev–Trinajstić information content (AvgIpc) is 2.98. The van der Waals surface area contributed by atoms with Crippen LogP contribution in [0.25, 0.3) is 33.0 Å². The minimum absolute atomic E-state index is 0.0809. The fourth-order valence-corrected chi connectivity index (χ4v) is 5.69. The zero-order valence-corrected chi connectivity index (χ0v) is 21.1. The highest BCUT2D eigenvalue weighted by atomic mass is 16.1. The molecule has 0 unspecified atom stereocenters. The SMILES string of the molecule is Cc1ccc(-c2ccc3c(N(c4ccccc4)c4ccccc4)ccc4c3c2C(=O)c2ccccc2-4)cc1. The molecule has 0 atom stereocenters. The molecule has 1 aliphatic rings. The summed E-state index contributed by atoms with van der Waals surface area (Å²) in [6.45, 7) is 2.09. The van der Waals surface area contributed by atoms with E-state index in [9.17, 15) is 4.79 Å². The van der Waals surface area contributed by atoms with Crippen molar-refractivity contribution in [1.29, 1.82) is 0 Å². The second-order valence-electron chi connectivity index (χ2n) is 9.79. The summed E-state index contributed by atoms with van der Waals surface area (Å²) >= 11 is 0. The number of carbonyl (C=O) groups excluding carboxylic acids is 1. The van der Waals surface area contributed by atoms with E-state index in [0.717, 1.165) is 61.2 Å². The number of carbonyl (C=O) groups is 1. The van der Waals surface area contributed by atoms with Gasteiger partial charge in [-0.1, -0.05) is 109 Å². The summed E-state index contributed by atoms with van der Waals surface area (Å²) in [5.41, 5.74) is 10.0. The van der Waals surface area contributed by atoms with Crippen LogP contribution in [0.5, 0.6) is 0 Å². The van der Waals surface area contributed by atoms with Crippen molar-refractivity contribution >= 4 is 33.6 Å². The van der Waals surface area contributed by atoms with Gasteiger partial charge in [-0.05, 0) is 59.5 Å². The Hall–Kier alpha value is -4.95. The van der Waals surface area contributed by atoms with E-state index in [-0.39, 0.29) is 5.78 Å². The van der Waals surface area contributed by atoms with Gasteiger partial charge in [-0.15, -0.1) is 0 Å². The van der Waals surface area contributed by atoms with Crippen LogP contribution in [0.2, 0.25) is 0 Å². The Kier molecular flexibility index (Phi) is 5.19. The summed E-state index contributed by atoms with van der Waals surface area (Å²) < 4.78 is 0. The summed E-state index contributed by atoms with van der Waals surface area (Å²) in [6, 6.07) is 45.9. The molecule has 0 saturated carbocycles. The highest BCUT2D eigenvalue weighted by Gasteiger charge is 2.29. The fourth-order valence-electron chi connectivity index (χ4n) is 5.69. The number of anilines is 3. The molecule has 0 N–H and O–H groups in total. The summed E-state index contributed by atoms with van der Waals surface area (Å²) in [4.78, 5) is 16.4. The molecule has 0 bridgehead atoms. The number of ketones is 1. The first kappa shape index (κ1) is 22.3. The van der Waals surface area contributed by atoms with E-state index >= 15 is 0 Å².